The van der Waals surface area contributed by atoms with Crippen molar-refractivity contribution < 1.29 is 14.9 Å². The molecule has 1 aromatic carbocycles. The number of aromatic nitrogens is 4. The van der Waals surface area contributed by atoms with Crippen molar-refractivity contribution in [3.63, 3.8) is 0 Å². The lowest BCUT2D eigenvalue weighted by atomic mass is 9.98. The van der Waals surface area contributed by atoms with Gasteiger partial charge < -0.3 is 14.9 Å². The highest BCUT2D eigenvalue weighted by Gasteiger charge is 2.19. The average Bonchev–Trinajstić information content (AvgIpc) is 2.96. The van der Waals surface area contributed by atoms with Crippen molar-refractivity contribution in [2.24, 2.45) is 0 Å². The van der Waals surface area contributed by atoms with Crippen LogP contribution in [-0.2, 0) is 6.54 Å². The molecule has 0 radical (unpaired) electrons. The molecule has 0 aliphatic carbocycles. The van der Waals surface area contributed by atoms with E-state index >= 15 is 0 Å². The van der Waals surface area contributed by atoms with Crippen molar-refractivity contribution >= 4 is 12.6 Å². The van der Waals surface area contributed by atoms with Gasteiger partial charge in [-0.2, -0.15) is 0 Å². The van der Waals surface area contributed by atoms with E-state index < -0.39 is 0 Å². The van der Waals surface area contributed by atoms with Gasteiger partial charge >= 0.3 is 0 Å². The van der Waals surface area contributed by atoms with Crippen molar-refractivity contribution in [3.8, 4) is 28.8 Å². The van der Waals surface area contributed by atoms with Crippen molar-refractivity contribution in [3.05, 3.63) is 41.6 Å². The predicted octanol–water partition coefficient (Wildman–Crippen LogP) is 3.22. The van der Waals surface area contributed by atoms with Crippen LogP contribution in [0, 0.1) is 0 Å². The first-order valence-corrected chi connectivity index (χ1v) is 8.52. The van der Waals surface area contributed by atoms with Crippen molar-refractivity contribution in [2.45, 2.75) is 31.5 Å². The number of ether oxygens (including phenoxy) is 1. The monoisotopic (exact) mass is 372 g/mol. The molecule has 0 fully saturated rings. The molecule has 0 atom stereocenters. The van der Waals surface area contributed by atoms with Gasteiger partial charge in [0.1, 0.15) is 11.5 Å². The summed E-state index contributed by atoms with van der Waals surface area (Å²) in [5, 5.41) is 29.0. The van der Waals surface area contributed by atoms with Crippen LogP contribution >= 0.6 is 12.6 Å². The largest absolute Gasteiger partial charge is 0.508 e. The van der Waals surface area contributed by atoms with Crippen LogP contribution in [0.25, 0.3) is 11.4 Å². The predicted molar refractivity (Wildman–Crippen MR) is 100 cm³/mol. The lowest BCUT2D eigenvalue weighted by Crippen LogP contribution is -2.04. The van der Waals surface area contributed by atoms with Gasteiger partial charge in [0, 0.05) is 18.3 Å². The summed E-state index contributed by atoms with van der Waals surface area (Å²) in [5.41, 5.74) is 2.12. The van der Waals surface area contributed by atoms with Gasteiger partial charge in [0.2, 0.25) is 5.88 Å². The number of aromatic hydroxyl groups is 2. The molecule has 3 aromatic rings. The van der Waals surface area contributed by atoms with E-state index in [1.54, 1.807) is 30.0 Å². The number of rotatable bonds is 5. The molecule has 0 saturated carbocycles. The molecule has 0 saturated heterocycles. The number of phenolic OH excluding ortho intramolecular Hbond substituents is 2. The summed E-state index contributed by atoms with van der Waals surface area (Å²) in [4.78, 5) is 4.19. The first-order valence-electron chi connectivity index (χ1n) is 8.08. The van der Waals surface area contributed by atoms with Crippen LogP contribution in [0.1, 0.15) is 30.9 Å². The molecule has 0 unspecified atom stereocenters. The lowest BCUT2D eigenvalue weighted by Gasteiger charge is -2.14. The molecule has 0 amide bonds. The molecule has 2 heterocycles. The van der Waals surface area contributed by atoms with Gasteiger partial charge in [0.25, 0.3) is 0 Å². The minimum Gasteiger partial charge on any atom is -0.508 e. The van der Waals surface area contributed by atoms with Gasteiger partial charge in [-0.15, -0.1) is 22.8 Å². The van der Waals surface area contributed by atoms with E-state index in [0.29, 0.717) is 29.0 Å². The molecular weight excluding hydrogens is 352 g/mol. The van der Waals surface area contributed by atoms with Crippen LogP contribution in [0.5, 0.6) is 17.4 Å². The summed E-state index contributed by atoms with van der Waals surface area (Å²) < 4.78 is 6.84. The molecule has 0 aliphatic heterocycles. The third-order valence-corrected chi connectivity index (χ3v) is 4.42. The molecule has 2 aromatic heterocycles. The second-order valence-electron chi connectivity index (χ2n) is 6.20. The fourth-order valence-electron chi connectivity index (χ4n) is 2.68. The summed E-state index contributed by atoms with van der Waals surface area (Å²) in [6, 6.07) is 6.72. The Labute approximate surface area is 156 Å². The molecule has 0 spiro atoms. The maximum atomic E-state index is 10.3. The first-order chi connectivity index (χ1) is 12.4. The molecule has 26 heavy (non-hydrogen) atoms. The summed E-state index contributed by atoms with van der Waals surface area (Å²) in [6.45, 7) is 4.36. The SMILES string of the molecule is COc1ccc(Cn2c(S)nnc2-c2cc(C(C)C)c(O)cc2O)cn1. The third-order valence-electron chi connectivity index (χ3n) is 4.09. The van der Waals surface area contributed by atoms with Gasteiger partial charge in [-0.25, -0.2) is 4.98 Å². The highest BCUT2D eigenvalue weighted by Crippen LogP contribution is 2.37. The van der Waals surface area contributed by atoms with E-state index in [2.05, 4.69) is 27.8 Å². The normalized spacial score (nSPS) is 11.1. The summed E-state index contributed by atoms with van der Waals surface area (Å²) in [5.74, 6) is 1.07. The van der Waals surface area contributed by atoms with E-state index in [0.717, 1.165) is 11.1 Å². The Morgan fingerprint density at radius 1 is 1.15 bits per heavy atom. The highest BCUT2D eigenvalue weighted by atomic mass is 32.1. The summed E-state index contributed by atoms with van der Waals surface area (Å²) in [6.07, 6.45) is 1.70. The van der Waals surface area contributed by atoms with E-state index in [1.165, 1.54) is 6.07 Å². The van der Waals surface area contributed by atoms with E-state index in [4.69, 9.17) is 4.74 Å². The summed E-state index contributed by atoms with van der Waals surface area (Å²) >= 11 is 4.37. The fraction of sp³-hybridized carbons (Fsp3) is 0.278. The molecule has 3 rings (SSSR count). The second-order valence-corrected chi connectivity index (χ2v) is 6.60. The number of phenols is 2. The van der Waals surface area contributed by atoms with Crippen LogP contribution in [0.4, 0.5) is 0 Å². The Balaban J connectivity index is 2.03. The quantitative estimate of drug-likeness (QED) is 0.596. The van der Waals surface area contributed by atoms with Crippen LogP contribution < -0.4 is 4.74 Å². The molecule has 136 valence electrons. The zero-order valence-electron chi connectivity index (χ0n) is 14.7. The smallest absolute Gasteiger partial charge is 0.212 e. The van der Waals surface area contributed by atoms with Crippen molar-refractivity contribution in [1.29, 1.82) is 0 Å². The van der Waals surface area contributed by atoms with Crippen LogP contribution in [-0.4, -0.2) is 37.1 Å². The Morgan fingerprint density at radius 2 is 1.92 bits per heavy atom. The van der Waals surface area contributed by atoms with Crippen LogP contribution in [0.3, 0.4) is 0 Å². The minimum atomic E-state index is -0.0678. The second kappa shape index (κ2) is 7.25. The van der Waals surface area contributed by atoms with E-state index in [-0.39, 0.29) is 17.4 Å². The molecule has 0 aliphatic rings. The lowest BCUT2D eigenvalue weighted by molar-refractivity contribution is 0.397. The van der Waals surface area contributed by atoms with Gasteiger partial charge in [-0.1, -0.05) is 19.9 Å². The zero-order valence-corrected chi connectivity index (χ0v) is 15.6. The molecular formula is C18H20N4O3S. The summed E-state index contributed by atoms with van der Waals surface area (Å²) in [7, 11) is 1.56. The Bertz CT molecular complexity index is 923. The minimum absolute atomic E-state index is 0.0535. The van der Waals surface area contributed by atoms with Gasteiger partial charge in [0.15, 0.2) is 11.0 Å². The van der Waals surface area contributed by atoms with Gasteiger partial charge in [-0.3, -0.25) is 4.57 Å². The van der Waals surface area contributed by atoms with Gasteiger partial charge in [0.05, 0.1) is 19.2 Å². The van der Waals surface area contributed by atoms with Crippen LogP contribution in [0.2, 0.25) is 0 Å². The number of pyridine rings is 1. The maximum absolute atomic E-state index is 10.3. The Kier molecular flexibility index (Phi) is 5.03. The number of nitrogens with zero attached hydrogens (tertiary/aromatic N) is 4. The Morgan fingerprint density at radius 3 is 2.54 bits per heavy atom. The molecule has 7 nitrogen and oxygen atoms in total. The fourth-order valence-corrected chi connectivity index (χ4v) is 2.89. The topological polar surface area (TPSA) is 93.3 Å². The van der Waals surface area contributed by atoms with Crippen molar-refractivity contribution in [2.75, 3.05) is 7.11 Å². The molecule has 8 heteroatoms. The number of methoxy groups -OCH3 is 1. The number of hydrogen-bond acceptors (Lipinski definition) is 7. The van der Waals surface area contributed by atoms with E-state index in [1.807, 2.05) is 19.9 Å². The Hall–Kier alpha value is -2.74. The molecule has 0 bridgehead atoms. The van der Waals surface area contributed by atoms with E-state index in [9.17, 15) is 10.2 Å². The van der Waals surface area contributed by atoms with Crippen molar-refractivity contribution in [1.82, 2.24) is 19.7 Å². The highest BCUT2D eigenvalue weighted by molar-refractivity contribution is 7.80. The maximum Gasteiger partial charge on any atom is 0.212 e. The standard InChI is InChI=1S/C18H20N4O3S/c1-10(2)12-6-13(15(24)7-14(12)23)17-20-21-18(26)22(17)9-11-4-5-16(25-3)19-8-11/h4-8,10,23-24H,9H2,1-3H3,(H,21,26). The third kappa shape index (κ3) is 3.45. The average molecular weight is 372 g/mol. The molecule has 2 N–H and O–H groups in total. The number of thiol groups is 1. The number of benzene rings is 1. The first kappa shape index (κ1) is 18.1. The van der Waals surface area contributed by atoms with Crippen LogP contribution in [0.15, 0.2) is 35.6 Å². The van der Waals surface area contributed by atoms with Gasteiger partial charge in [-0.05, 0) is 23.1 Å². The zero-order chi connectivity index (χ0) is 18.8. The number of hydrogen-bond donors (Lipinski definition) is 3.